The van der Waals surface area contributed by atoms with Crippen molar-refractivity contribution in [1.29, 1.82) is 0 Å². The maximum Gasteiger partial charge on any atom is 0.223 e. The Labute approximate surface area is 131 Å². The van der Waals surface area contributed by atoms with E-state index in [-0.39, 0.29) is 11.9 Å². The average Bonchev–Trinajstić information content (AvgIpc) is 3.22. The van der Waals surface area contributed by atoms with Crippen molar-refractivity contribution < 1.29 is 9.53 Å². The first-order chi connectivity index (χ1) is 10.0. The number of nitrogens with one attached hydrogen (secondary N) is 2. The van der Waals surface area contributed by atoms with E-state index in [1.165, 1.54) is 12.8 Å². The lowest BCUT2D eigenvalue weighted by atomic mass is 10.2. The van der Waals surface area contributed by atoms with Gasteiger partial charge >= 0.3 is 0 Å². The van der Waals surface area contributed by atoms with E-state index in [0.717, 1.165) is 12.1 Å². The van der Waals surface area contributed by atoms with Crippen molar-refractivity contribution in [3.8, 4) is 5.75 Å². The summed E-state index contributed by atoms with van der Waals surface area (Å²) in [6.45, 7) is 5.04. The van der Waals surface area contributed by atoms with Crippen molar-refractivity contribution in [3.05, 3.63) is 28.8 Å². The smallest absolute Gasteiger partial charge is 0.223 e. The molecule has 0 atom stereocenters. The van der Waals surface area contributed by atoms with Crippen molar-refractivity contribution in [2.24, 2.45) is 0 Å². The zero-order valence-corrected chi connectivity index (χ0v) is 13.4. The standard InChI is InChI=1S/C16H23ClN2O2/c1-11(2)19-16(20)7-8-21-15-6-3-12(9-14(15)17)10-18-13-4-5-13/h3,6,9,11,13,18H,4-5,7-8,10H2,1-2H3,(H,19,20). The molecule has 0 saturated heterocycles. The second-order valence-corrected chi connectivity index (χ2v) is 6.15. The lowest BCUT2D eigenvalue weighted by Crippen LogP contribution is -2.31. The van der Waals surface area contributed by atoms with Crippen LogP contribution in [-0.4, -0.2) is 24.6 Å². The Morgan fingerprint density at radius 2 is 2.19 bits per heavy atom. The molecule has 1 aliphatic rings. The molecule has 21 heavy (non-hydrogen) atoms. The highest BCUT2D eigenvalue weighted by atomic mass is 35.5. The molecular weight excluding hydrogens is 288 g/mol. The number of rotatable bonds is 8. The molecule has 0 heterocycles. The minimum absolute atomic E-state index is 0.00799. The van der Waals surface area contributed by atoms with Crippen LogP contribution in [0.25, 0.3) is 0 Å². The fourth-order valence-electron chi connectivity index (χ4n) is 1.97. The first kappa shape index (κ1) is 16.1. The van der Waals surface area contributed by atoms with Gasteiger partial charge < -0.3 is 15.4 Å². The van der Waals surface area contributed by atoms with E-state index in [4.69, 9.17) is 16.3 Å². The quantitative estimate of drug-likeness (QED) is 0.776. The summed E-state index contributed by atoms with van der Waals surface area (Å²) in [4.78, 5) is 11.5. The summed E-state index contributed by atoms with van der Waals surface area (Å²) in [6.07, 6.45) is 2.88. The molecule has 0 spiro atoms. The predicted molar refractivity (Wildman–Crippen MR) is 84.7 cm³/mol. The Bertz CT molecular complexity index is 487. The lowest BCUT2D eigenvalue weighted by molar-refractivity contribution is -0.122. The van der Waals surface area contributed by atoms with E-state index in [1.807, 2.05) is 32.0 Å². The predicted octanol–water partition coefficient (Wildman–Crippen LogP) is 2.89. The Hall–Kier alpha value is -1.26. The molecule has 0 bridgehead atoms. The van der Waals surface area contributed by atoms with Gasteiger partial charge in [0.25, 0.3) is 0 Å². The Morgan fingerprint density at radius 3 is 2.81 bits per heavy atom. The molecule has 1 saturated carbocycles. The number of hydrogen-bond acceptors (Lipinski definition) is 3. The van der Waals surface area contributed by atoms with E-state index in [9.17, 15) is 4.79 Å². The van der Waals surface area contributed by atoms with Crippen molar-refractivity contribution in [2.75, 3.05) is 6.61 Å². The van der Waals surface area contributed by atoms with Gasteiger partial charge in [-0.15, -0.1) is 0 Å². The number of carbonyl (C=O) groups excluding carboxylic acids is 1. The largest absolute Gasteiger partial charge is 0.491 e. The maximum atomic E-state index is 11.5. The highest BCUT2D eigenvalue weighted by Crippen LogP contribution is 2.26. The molecule has 1 amide bonds. The van der Waals surface area contributed by atoms with Crippen LogP contribution < -0.4 is 15.4 Å². The molecule has 0 aromatic heterocycles. The first-order valence-electron chi connectivity index (χ1n) is 7.48. The Kier molecular flexibility index (Phi) is 5.88. The van der Waals surface area contributed by atoms with Crippen LogP contribution in [-0.2, 0) is 11.3 Å². The molecule has 1 aromatic rings. The SMILES string of the molecule is CC(C)NC(=O)CCOc1ccc(CNC2CC2)cc1Cl. The van der Waals surface area contributed by atoms with Gasteiger partial charge in [-0.25, -0.2) is 0 Å². The zero-order valence-electron chi connectivity index (χ0n) is 12.6. The monoisotopic (exact) mass is 310 g/mol. The van der Waals surface area contributed by atoms with Crippen molar-refractivity contribution in [2.45, 2.75) is 51.7 Å². The molecule has 2 rings (SSSR count). The van der Waals surface area contributed by atoms with Crippen LogP contribution >= 0.6 is 11.6 Å². The van der Waals surface area contributed by atoms with Crippen LogP contribution in [0, 0.1) is 0 Å². The van der Waals surface area contributed by atoms with Gasteiger partial charge in [-0.05, 0) is 44.4 Å². The molecule has 0 unspecified atom stereocenters. The average molecular weight is 311 g/mol. The van der Waals surface area contributed by atoms with E-state index < -0.39 is 0 Å². The van der Waals surface area contributed by atoms with Gasteiger partial charge in [-0.3, -0.25) is 4.79 Å². The topological polar surface area (TPSA) is 50.4 Å². The van der Waals surface area contributed by atoms with Crippen molar-refractivity contribution in [1.82, 2.24) is 10.6 Å². The summed E-state index contributed by atoms with van der Waals surface area (Å²) in [7, 11) is 0. The summed E-state index contributed by atoms with van der Waals surface area (Å²) in [6, 6.07) is 6.62. The summed E-state index contributed by atoms with van der Waals surface area (Å²) in [5.74, 6) is 0.621. The van der Waals surface area contributed by atoms with Crippen LogP contribution in [0.1, 0.15) is 38.7 Å². The molecular formula is C16H23ClN2O2. The molecule has 116 valence electrons. The van der Waals surface area contributed by atoms with E-state index in [2.05, 4.69) is 10.6 Å². The summed E-state index contributed by atoms with van der Waals surface area (Å²) < 4.78 is 5.57. The van der Waals surface area contributed by atoms with E-state index in [0.29, 0.717) is 29.8 Å². The number of benzene rings is 1. The van der Waals surface area contributed by atoms with Gasteiger partial charge in [0.15, 0.2) is 0 Å². The van der Waals surface area contributed by atoms with Gasteiger partial charge in [-0.1, -0.05) is 17.7 Å². The number of ether oxygens (including phenoxy) is 1. The van der Waals surface area contributed by atoms with Crippen LogP contribution in [0.15, 0.2) is 18.2 Å². The molecule has 1 aromatic carbocycles. The van der Waals surface area contributed by atoms with Gasteiger partial charge in [0, 0.05) is 18.6 Å². The summed E-state index contributed by atoms with van der Waals surface area (Å²) in [5.41, 5.74) is 1.15. The fraction of sp³-hybridized carbons (Fsp3) is 0.562. The molecule has 2 N–H and O–H groups in total. The molecule has 0 radical (unpaired) electrons. The van der Waals surface area contributed by atoms with Crippen molar-refractivity contribution >= 4 is 17.5 Å². The van der Waals surface area contributed by atoms with E-state index >= 15 is 0 Å². The lowest BCUT2D eigenvalue weighted by Gasteiger charge is -2.11. The van der Waals surface area contributed by atoms with E-state index in [1.54, 1.807) is 0 Å². The summed E-state index contributed by atoms with van der Waals surface area (Å²) >= 11 is 6.21. The summed E-state index contributed by atoms with van der Waals surface area (Å²) in [5, 5.41) is 6.86. The highest BCUT2D eigenvalue weighted by molar-refractivity contribution is 6.32. The highest BCUT2D eigenvalue weighted by Gasteiger charge is 2.20. The van der Waals surface area contributed by atoms with Crippen LogP contribution in [0.4, 0.5) is 0 Å². The van der Waals surface area contributed by atoms with Crippen molar-refractivity contribution in [3.63, 3.8) is 0 Å². The van der Waals surface area contributed by atoms with Crippen LogP contribution in [0.2, 0.25) is 5.02 Å². The molecule has 5 heteroatoms. The zero-order chi connectivity index (χ0) is 15.2. The molecule has 1 aliphatic carbocycles. The van der Waals surface area contributed by atoms with Crippen LogP contribution in [0.5, 0.6) is 5.75 Å². The van der Waals surface area contributed by atoms with Gasteiger partial charge in [0.2, 0.25) is 5.91 Å². The molecule has 4 nitrogen and oxygen atoms in total. The molecule has 0 aliphatic heterocycles. The number of amides is 1. The third kappa shape index (κ3) is 5.94. The first-order valence-corrected chi connectivity index (χ1v) is 7.86. The maximum absolute atomic E-state index is 11.5. The van der Waals surface area contributed by atoms with Gasteiger partial charge in [0.05, 0.1) is 18.1 Å². The number of halogens is 1. The second kappa shape index (κ2) is 7.66. The number of hydrogen-bond donors (Lipinski definition) is 2. The van der Waals surface area contributed by atoms with Gasteiger partial charge in [-0.2, -0.15) is 0 Å². The Morgan fingerprint density at radius 1 is 1.43 bits per heavy atom. The fourth-order valence-corrected chi connectivity index (χ4v) is 2.23. The Balaban J connectivity index is 1.76. The second-order valence-electron chi connectivity index (χ2n) is 5.74. The normalized spacial score (nSPS) is 14.3. The minimum atomic E-state index is -0.00799. The van der Waals surface area contributed by atoms with Crippen LogP contribution in [0.3, 0.4) is 0 Å². The third-order valence-corrected chi connectivity index (χ3v) is 3.50. The number of carbonyl (C=O) groups is 1. The van der Waals surface area contributed by atoms with Gasteiger partial charge in [0.1, 0.15) is 5.75 Å². The molecule has 1 fully saturated rings. The minimum Gasteiger partial charge on any atom is -0.491 e. The third-order valence-electron chi connectivity index (χ3n) is 3.20.